The quantitative estimate of drug-likeness (QED) is 0.747. The number of ether oxygens (including phenoxy) is 1. The first-order chi connectivity index (χ1) is 8.75. The second-order valence-electron chi connectivity index (χ2n) is 4.69. The van der Waals surface area contributed by atoms with Gasteiger partial charge in [-0.05, 0) is 24.1 Å². The molecular formula is C14H17F3O2. The van der Waals surface area contributed by atoms with Gasteiger partial charge < -0.3 is 4.74 Å². The van der Waals surface area contributed by atoms with E-state index >= 15 is 0 Å². The Morgan fingerprint density at radius 3 is 2.42 bits per heavy atom. The van der Waals surface area contributed by atoms with Gasteiger partial charge in [-0.2, -0.15) is 13.2 Å². The molecule has 5 heteroatoms. The van der Waals surface area contributed by atoms with Crippen molar-refractivity contribution < 1.29 is 22.7 Å². The van der Waals surface area contributed by atoms with Gasteiger partial charge in [-0.25, -0.2) is 0 Å². The number of carbonyl (C=O) groups excluding carboxylic acids is 1. The molecule has 0 aliphatic carbocycles. The minimum absolute atomic E-state index is 0.00961. The molecule has 0 aliphatic rings. The molecule has 0 fully saturated rings. The first-order valence-corrected chi connectivity index (χ1v) is 6.13. The molecule has 0 unspecified atom stereocenters. The molecule has 0 heterocycles. The molecule has 1 aromatic rings. The molecule has 0 saturated carbocycles. The molecular weight excluding hydrogens is 257 g/mol. The summed E-state index contributed by atoms with van der Waals surface area (Å²) in [6.45, 7) is 5.70. The number of hydrogen-bond donors (Lipinski definition) is 0. The van der Waals surface area contributed by atoms with Gasteiger partial charge >= 0.3 is 6.18 Å². The summed E-state index contributed by atoms with van der Waals surface area (Å²) in [5.74, 6) is -0.0537. The lowest BCUT2D eigenvalue weighted by Gasteiger charge is -2.15. The fraction of sp³-hybridized carbons (Fsp3) is 0.500. The van der Waals surface area contributed by atoms with Crippen molar-refractivity contribution in [3.05, 3.63) is 29.3 Å². The first-order valence-electron chi connectivity index (χ1n) is 6.13. The van der Waals surface area contributed by atoms with Crippen LogP contribution >= 0.6 is 0 Å². The van der Waals surface area contributed by atoms with Gasteiger partial charge in [0.2, 0.25) is 0 Å². The van der Waals surface area contributed by atoms with Crippen molar-refractivity contribution in [1.29, 1.82) is 0 Å². The fourth-order valence-electron chi connectivity index (χ4n) is 1.50. The lowest BCUT2D eigenvalue weighted by Crippen LogP contribution is -2.11. The van der Waals surface area contributed by atoms with E-state index in [1.807, 2.05) is 13.8 Å². The monoisotopic (exact) mass is 274 g/mol. The fourth-order valence-corrected chi connectivity index (χ4v) is 1.50. The third-order valence-electron chi connectivity index (χ3n) is 2.50. The smallest absolute Gasteiger partial charge is 0.416 e. The Kier molecular flexibility index (Phi) is 4.97. The van der Waals surface area contributed by atoms with E-state index in [4.69, 9.17) is 4.74 Å². The number of benzene rings is 1. The maximum Gasteiger partial charge on any atom is 0.416 e. The van der Waals surface area contributed by atoms with E-state index in [1.165, 1.54) is 6.07 Å². The Morgan fingerprint density at radius 2 is 1.95 bits per heavy atom. The average Bonchev–Trinajstić information content (AvgIpc) is 2.33. The minimum atomic E-state index is -4.44. The Bertz CT molecular complexity index is 450. The molecule has 1 rings (SSSR count). The van der Waals surface area contributed by atoms with Gasteiger partial charge in [-0.3, -0.25) is 4.79 Å². The summed E-state index contributed by atoms with van der Waals surface area (Å²) < 4.78 is 43.3. The Hall–Kier alpha value is -1.52. The van der Waals surface area contributed by atoms with Crippen LogP contribution in [-0.4, -0.2) is 12.4 Å². The largest absolute Gasteiger partial charge is 0.493 e. The van der Waals surface area contributed by atoms with E-state index < -0.39 is 11.7 Å². The molecule has 0 saturated heterocycles. The summed E-state index contributed by atoms with van der Waals surface area (Å²) in [5, 5.41) is 0. The average molecular weight is 274 g/mol. The number of ketones is 1. The van der Waals surface area contributed by atoms with Gasteiger partial charge in [0.15, 0.2) is 5.78 Å². The lowest BCUT2D eigenvalue weighted by molar-refractivity contribution is -0.137. The highest BCUT2D eigenvalue weighted by Crippen LogP contribution is 2.33. The number of rotatable bonds is 5. The Morgan fingerprint density at radius 1 is 1.32 bits per heavy atom. The van der Waals surface area contributed by atoms with Crippen molar-refractivity contribution in [1.82, 2.24) is 0 Å². The molecule has 19 heavy (non-hydrogen) atoms. The normalized spacial score (nSPS) is 11.7. The van der Waals surface area contributed by atoms with Gasteiger partial charge in [0, 0.05) is 6.42 Å². The summed E-state index contributed by atoms with van der Waals surface area (Å²) in [4.78, 5) is 11.7. The van der Waals surface area contributed by atoms with Crippen LogP contribution in [0.15, 0.2) is 18.2 Å². The van der Waals surface area contributed by atoms with E-state index in [0.717, 1.165) is 12.1 Å². The van der Waals surface area contributed by atoms with Crippen molar-refractivity contribution in [2.24, 2.45) is 5.92 Å². The van der Waals surface area contributed by atoms with Gasteiger partial charge in [0.25, 0.3) is 0 Å². The van der Waals surface area contributed by atoms with Gasteiger partial charge in [0.1, 0.15) is 5.75 Å². The minimum Gasteiger partial charge on any atom is -0.493 e. The van der Waals surface area contributed by atoms with E-state index in [2.05, 4.69) is 0 Å². The Labute approximate surface area is 110 Å². The highest BCUT2D eigenvalue weighted by Gasteiger charge is 2.31. The molecule has 2 nitrogen and oxygen atoms in total. The second-order valence-corrected chi connectivity index (χ2v) is 4.69. The zero-order valence-electron chi connectivity index (χ0n) is 11.2. The SMILES string of the molecule is CCC(=O)c1ccc(C(F)(F)F)cc1OCC(C)C. The van der Waals surface area contributed by atoms with Crippen LogP contribution in [0.25, 0.3) is 0 Å². The van der Waals surface area contributed by atoms with E-state index in [1.54, 1.807) is 6.92 Å². The second kappa shape index (κ2) is 6.08. The number of hydrogen-bond acceptors (Lipinski definition) is 2. The summed E-state index contributed by atoms with van der Waals surface area (Å²) >= 11 is 0. The molecule has 0 bridgehead atoms. The van der Waals surface area contributed by atoms with Crippen LogP contribution in [0.1, 0.15) is 43.1 Å². The molecule has 0 N–H and O–H groups in total. The molecule has 0 amide bonds. The molecule has 0 spiro atoms. The predicted molar refractivity (Wildman–Crippen MR) is 66.4 cm³/mol. The molecule has 0 atom stereocenters. The van der Waals surface area contributed by atoms with Crippen molar-refractivity contribution in [2.45, 2.75) is 33.4 Å². The molecule has 0 radical (unpaired) electrons. The molecule has 0 aromatic heterocycles. The standard InChI is InChI=1S/C14H17F3O2/c1-4-12(18)11-6-5-10(14(15,16)17)7-13(11)19-8-9(2)3/h5-7,9H,4,8H2,1-3H3. The summed E-state index contributed by atoms with van der Waals surface area (Å²) in [6.07, 6.45) is -4.22. The third kappa shape index (κ3) is 4.26. The van der Waals surface area contributed by atoms with Crippen LogP contribution in [0, 0.1) is 5.92 Å². The Balaban J connectivity index is 3.14. The number of halogens is 3. The van der Waals surface area contributed by atoms with E-state index in [0.29, 0.717) is 0 Å². The molecule has 0 aliphatic heterocycles. The van der Waals surface area contributed by atoms with Crippen LogP contribution in [-0.2, 0) is 6.18 Å². The van der Waals surface area contributed by atoms with Crippen LogP contribution in [0.4, 0.5) is 13.2 Å². The van der Waals surface area contributed by atoms with Crippen molar-refractivity contribution in [3.8, 4) is 5.75 Å². The topological polar surface area (TPSA) is 26.3 Å². The van der Waals surface area contributed by atoms with Crippen LogP contribution in [0.2, 0.25) is 0 Å². The third-order valence-corrected chi connectivity index (χ3v) is 2.50. The van der Waals surface area contributed by atoms with Gasteiger partial charge in [0.05, 0.1) is 17.7 Å². The zero-order chi connectivity index (χ0) is 14.6. The van der Waals surface area contributed by atoms with Crippen molar-refractivity contribution in [2.75, 3.05) is 6.61 Å². The summed E-state index contributed by atoms with van der Waals surface area (Å²) in [6, 6.07) is 2.99. The van der Waals surface area contributed by atoms with E-state index in [-0.39, 0.29) is 36.0 Å². The maximum absolute atomic E-state index is 12.6. The zero-order valence-corrected chi connectivity index (χ0v) is 11.2. The molecule has 1 aromatic carbocycles. The van der Waals surface area contributed by atoms with Gasteiger partial charge in [-0.15, -0.1) is 0 Å². The van der Waals surface area contributed by atoms with Crippen LogP contribution in [0.3, 0.4) is 0 Å². The highest BCUT2D eigenvalue weighted by molar-refractivity contribution is 5.98. The van der Waals surface area contributed by atoms with Crippen LogP contribution in [0.5, 0.6) is 5.75 Å². The predicted octanol–water partition coefficient (Wildman–Crippen LogP) is 4.33. The molecule has 106 valence electrons. The van der Waals surface area contributed by atoms with Crippen molar-refractivity contribution in [3.63, 3.8) is 0 Å². The number of carbonyl (C=O) groups is 1. The number of Topliss-reactive ketones (excluding diaryl/α,β-unsaturated/α-hetero) is 1. The van der Waals surface area contributed by atoms with E-state index in [9.17, 15) is 18.0 Å². The maximum atomic E-state index is 12.6. The van der Waals surface area contributed by atoms with Crippen LogP contribution < -0.4 is 4.74 Å². The summed E-state index contributed by atoms with van der Waals surface area (Å²) in [7, 11) is 0. The summed E-state index contributed by atoms with van der Waals surface area (Å²) in [5.41, 5.74) is -0.602. The van der Waals surface area contributed by atoms with Gasteiger partial charge in [-0.1, -0.05) is 20.8 Å². The number of alkyl halides is 3. The lowest BCUT2D eigenvalue weighted by atomic mass is 10.0. The van der Waals surface area contributed by atoms with Crippen molar-refractivity contribution >= 4 is 5.78 Å². The highest BCUT2D eigenvalue weighted by atomic mass is 19.4. The first kappa shape index (κ1) is 15.5.